The molecular formula is C13H15NO3Se. The van der Waals surface area contributed by atoms with Crippen LogP contribution >= 0.6 is 0 Å². The second-order valence-corrected chi connectivity index (χ2v) is 8.25. The summed E-state index contributed by atoms with van der Waals surface area (Å²) in [6, 6.07) is 9.31. The Bertz CT molecular complexity index is 504. The first kappa shape index (κ1) is 12.0. The molecule has 2 heterocycles. The van der Waals surface area contributed by atoms with E-state index in [1.807, 2.05) is 37.3 Å². The number of ether oxygens (including phenoxy) is 1. The molecule has 4 nitrogen and oxygen atoms in total. The summed E-state index contributed by atoms with van der Waals surface area (Å²) < 4.78 is 19.0. The first-order chi connectivity index (χ1) is 8.62. The Hall–Kier alpha value is -1.03. The van der Waals surface area contributed by atoms with Crippen LogP contribution in [0.3, 0.4) is 0 Å². The maximum atomic E-state index is 12.5. The van der Waals surface area contributed by atoms with Gasteiger partial charge in [-0.15, -0.1) is 0 Å². The second-order valence-electron chi connectivity index (χ2n) is 4.82. The van der Waals surface area contributed by atoms with Crippen molar-refractivity contribution in [1.29, 1.82) is 0 Å². The molecule has 1 aromatic rings. The number of benzene rings is 1. The fourth-order valence-electron chi connectivity index (χ4n) is 2.67. The van der Waals surface area contributed by atoms with Crippen LogP contribution in [0.15, 0.2) is 30.3 Å². The van der Waals surface area contributed by atoms with Crippen molar-refractivity contribution in [2.75, 3.05) is 13.2 Å². The number of amides is 1. The van der Waals surface area contributed by atoms with Gasteiger partial charge in [0, 0.05) is 0 Å². The first-order valence-electron chi connectivity index (χ1n) is 6.03. The van der Waals surface area contributed by atoms with Crippen molar-refractivity contribution in [3.8, 4) is 0 Å². The number of hydrogen-bond donors (Lipinski definition) is 0. The normalized spacial score (nSPS) is 32.6. The molecule has 0 bridgehead atoms. The fourth-order valence-corrected chi connectivity index (χ4v) is 5.87. The van der Waals surface area contributed by atoms with E-state index >= 15 is 0 Å². The van der Waals surface area contributed by atoms with Crippen LogP contribution in [0.2, 0.25) is 4.82 Å². The monoisotopic (exact) mass is 313 g/mol. The Balaban J connectivity index is 1.87. The van der Waals surface area contributed by atoms with E-state index in [1.165, 1.54) is 0 Å². The number of carbonyl (C=O) groups is 1. The SMILES string of the molecule is C[C@@]12C[C@H]([Se](=O)c3ccccc3)C(=O)N1CCO2. The van der Waals surface area contributed by atoms with Gasteiger partial charge in [-0.05, 0) is 0 Å². The van der Waals surface area contributed by atoms with Gasteiger partial charge in [-0.25, -0.2) is 0 Å². The molecule has 0 aliphatic carbocycles. The number of hydrogen-bond acceptors (Lipinski definition) is 3. The van der Waals surface area contributed by atoms with Crippen molar-refractivity contribution in [2.45, 2.75) is 23.9 Å². The van der Waals surface area contributed by atoms with E-state index < -0.39 is 19.6 Å². The van der Waals surface area contributed by atoms with Gasteiger partial charge < -0.3 is 0 Å². The van der Waals surface area contributed by atoms with Crippen molar-refractivity contribution in [3.05, 3.63) is 30.3 Å². The number of nitrogens with zero attached hydrogens (tertiary/aromatic N) is 1. The zero-order chi connectivity index (χ0) is 12.8. The predicted octanol–water partition coefficient (Wildman–Crippen LogP) is 0.665. The van der Waals surface area contributed by atoms with Crippen LogP contribution in [-0.4, -0.2) is 43.5 Å². The van der Waals surface area contributed by atoms with Gasteiger partial charge in [0.2, 0.25) is 0 Å². The topological polar surface area (TPSA) is 46.6 Å². The van der Waals surface area contributed by atoms with E-state index in [1.54, 1.807) is 4.90 Å². The predicted molar refractivity (Wildman–Crippen MR) is 67.0 cm³/mol. The Kier molecular flexibility index (Phi) is 2.85. The molecule has 1 unspecified atom stereocenters. The zero-order valence-corrected chi connectivity index (χ0v) is 11.9. The quantitative estimate of drug-likeness (QED) is 0.754. The van der Waals surface area contributed by atoms with Crippen LogP contribution in [0.25, 0.3) is 0 Å². The summed E-state index contributed by atoms with van der Waals surface area (Å²) in [5.74, 6) is -0.00106. The molecule has 2 aliphatic heterocycles. The van der Waals surface area contributed by atoms with Crippen LogP contribution in [0.4, 0.5) is 0 Å². The molecule has 2 aliphatic rings. The molecule has 0 aromatic heterocycles. The molecule has 2 fully saturated rings. The second kappa shape index (κ2) is 4.26. The third kappa shape index (κ3) is 1.74. The molecule has 3 atom stereocenters. The number of carbonyl (C=O) groups excluding carboxylic acids is 1. The Labute approximate surface area is 110 Å². The Morgan fingerprint density at radius 2 is 2.11 bits per heavy atom. The summed E-state index contributed by atoms with van der Waals surface area (Å²) in [7, 11) is 0. The van der Waals surface area contributed by atoms with Gasteiger partial charge in [0.25, 0.3) is 0 Å². The molecule has 3 rings (SSSR count). The first-order valence-corrected chi connectivity index (χ1v) is 8.57. The van der Waals surface area contributed by atoms with Crippen molar-refractivity contribution in [3.63, 3.8) is 0 Å². The molecule has 1 amide bonds. The van der Waals surface area contributed by atoms with E-state index in [4.69, 9.17) is 4.74 Å². The van der Waals surface area contributed by atoms with Gasteiger partial charge in [-0.3, -0.25) is 0 Å². The molecular weight excluding hydrogens is 297 g/mol. The van der Waals surface area contributed by atoms with Gasteiger partial charge in [0.1, 0.15) is 0 Å². The van der Waals surface area contributed by atoms with E-state index in [0.29, 0.717) is 19.6 Å². The summed E-state index contributed by atoms with van der Waals surface area (Å²) in [5.41, 5.74) is -0.525. The minimum atomic E-state index is -2.34. The van der Waals surface area contributed by atoms with Crippen LogP contribution in [-0.2, 0) is 13.4 Å². The van der Waals surface area contributed by atoms with E-state index in [-0.39, 0.29) is 10.7 Å². The van der Waals surface area contributed by atoms with E-state index in [2.05, 4.69) is 0 Å². The summed E-state index contributed by atoms with van der Waals surface area (Å²) in [4.78, 5) is 13.7. The van der Waals surface area contributed by atoms with Crippen LogP contribution in [0.5, 0.6) is 0 Å². The summed E-state index contributed by atoms with van der Waals surface area (Å²) >= 11 is -2.34. The Morgan fingerprint density at radius 1 is 1.39 bits per heavy atom. The van der Waals surface area contributed by atoms with Gasteiger partial charge in [-0.1, -0.05) is 0 Å². The Morgan fingerprint density at radius 3 is 2.78 bits per heavy atom. The fraction of sp³-hybridized carbons (Fsp3) is 0.462. The third-order valence-electron chi connectivity index (χ3n) is 3.64. The number of rotatable bonds is 2. The van der Waals surface area contributed by atoms with Gasteiger partial charge in [0.15, 0.2) is 0 Å². The molecule has 0 radical (unpaired) electrons. The summed E-state index contributed by atoms with van der Waals surface area (Å²) in [6.07, 6.45) is 0.550. The molecule has 1 aromatic carbocycles. The summed E-state index contributed by atoms with van der Waals surface area (Å²) in [5, 5.41) is 0. The third-order valence-corrected chi connectivity index (χ3v) is 7.04. The molecule has 5 heteroatoms. The minimum absolute atomic E-state index is 0.00106. The van der Waals surface area contributed by atoms with Gasteiger partial charge in [-0.2, -0.15) is 0 Å². The molecule has 0 saturated carbocycles. The van der Waals surface area contributed by atoms with E-state index in [0.717, 1.165) is 4.46 Å². The molecule has 0 spiro atoms. The maximum absolute atomic E-state index is 12.5. The van der Waals surface area contributed by atoms with Crippen molar-refractivity contribution >= 4 is 24.2 Å². The molecule has 0 N–H and O–H groups in total. The number of fused-ring (bicyclic) bond motifs is 1. The molecule has 2 saturated heterocycles. The standard InChI is InChI=1S/C13H15NO3Se/c1-13-9-11(12(15)14(13)7-8-17-13)18(16)10-5-3-2-4-6-10/h2-6,11H,7-9H2,1H3/t11-,13+,18?/m0/s1. The van der Waals surface area contributed by atoms with E-state index in [9.17, 15) is 8.63 Å². The van der Waals surface area contributed by atoms with Gasteiger partial charge >= 0.3 is 110 Å². The van der Waals surface area contributed by atoms with Crippen molar-refractivity contribution in [1.82, 2.24) is 4.90 Å². The van der Waals surface area contributed by atoms with Gasteiger partial charge in [0.05, 0.1) is 0 Å². The summed E-state index contributed by atoms with van der Waals surface area (Å²) in [6.45, 7) is 3.13. The molecule has 18 heavy (non-hydrogen) atoms. The average molecular weight is 312 g/mol. The van der Waals surface area contributed by atoms with Crippen molar-refractivity contribution < 1.29 is 13.4 Å². The van der Waals surface area contributed by atoms with Crippen LogP contribution in [0, 0.1) is 0 Å². The van der Waals surface area contributed by atoms with Crippen LogP contribution in [0.1, 0.15) is 13.3 Å². The zero-order valence-electron chi connectivity index (χ0n) is 10.2. The molecule has 96 valence electrons. The average Bonchev–Trinajstić information content (AvgIpc) is 2.87. The van der Waals surface area contributed by atoms with Crippen LogP contribution < -0.4 is 4.46 Å². The van der Waals surface area contributed by atoms with Crippen molar-refractivity contribution in [2.24, 2.45) is 0 Å².